The molecule has 4 rings (SSSR count). The molecule has 0 atom stereocenters. The van der Waals surface area contributed by atoms with Crippen molar-refractivity contribution in [3.05, 3.63) is 71.7 Å². The summed E-state index contributed by atoms with van der Waals surface area (Å²) in [5, 5.41) is 5.84. The molecule has 186 valence electrons. The summed E-state index contributed by atoms with van der Waals surface area (Å²) in [4.78, 5) is 22.6. The van der Waals surface area contributed by atoms with E-state index in [0.29, 0.717) is 42.9 Å². The van der Waals surface area contributed by atoms with Gasteiger partial charge >= 0.3 is 12.2 Å². The van der Waals surface area contributed by atoms with E-state index >= 15 is 0 Å². The molecule has 0 aliphatic carbocycles. The van der Waals surface area contributed by atoms with Gasteiger partial charge in [0.2, 0.25) is 5.88 Å². The normalized spacial score (nSPS) is 12.8. The summed E-state index contributed by atoms with van der Waals surface area (Å²) >= 11 is 0. The zero-order valence-corrected chi connectivity index (χ0v) is 19.9. The molecule has 0 unspecified atom stereocenters. The molecule has 0 bridgehead atoms. The molecule has 0 spiro atoms. The average Bonchev–Trinajstić information content (AvgIpc) is 3.21. The molecule has 1 aliphatic heterocycles. The highest BCUT2D eigenvalue weighted by molar-refractivity contribution is 6.03. The van der Waals surface area contributed by atoms with Crippen LogP contribution in [-0.2, 0) is 19.1 Å². The number of amides is 2. The number of aromatic nitrogens is 2. The molecule has 0 saturated carbocycles. The number of carbonyl (C=O) groups excluding carboxylic acids is 1. The number of nitrogens with one attached hydrogen (secondary N) is 2. The fraction of sp³-hybridized carbons (Fsp3) is 0.292. The summed E-state index contributed by atoms with van der Waals surface area (Å²) in [6, 6.07) is 11.5. The molecule has 1 aromatic heterocycles. The number of carbonyl (C=O) groups is 1. The lowest BCUT2D eigenvalue weighted by Crippen LogP contribution is -2.33. The number of halogens is 4. The third kappa shape index (κ3) is 6.61. The molecule has 11 heteroatoms. The third-order valence-corrected chi connectivity index (χ3v) is 5.25. The van der Waals surface area contributed by atoms with Crippen LogP contribution < -0.4 is 20.3 Å². The van der Waals surface area contributed by atoms with Crippen LogP contribution in [0.1, 0.15) is 30.7 Å². The summed E-state index contributed by atoms with van der Waals surface area (Å²) in [6.07, 6.45) is -2.44. The fourth-order valence-corrected chi connectivity index (χ4v) is 3.58. The summed E-state index contributed by atoms with van der Waals surface area (Å²) in [5.41, 5.74) is 1.65. The first-order valence-corrected chi connectivity index (χ1v) is 10.8. The molecule has 0 radical (unpaired) electrons. The maximum absolute atomic E-state index is 12.9. The number of benzene rings is 2. The Morgan fingerprint density at radius 1 is 1.14 bits per heavy atom. The van der Waals surface area contributed by atoms with Gasteiger partial charge in [0, 0.05) is 36.6 Å². The SMILES string of the molecule is CC(C)NCc1cc(Oc2ccc3c(c2)CCN3C(=O)Nc2cccc(C(F)(F)F)c2)ncn1.Cl. The molecule has 2 aromatic carbocycles. The highest BCUT2D eigenvalue weighted by Crippen LogP contribution is 2.34. The second-order valence-electron chi connectivity index (χ2n) is 8.19. The van der Waals surface area contributed by atoms with Crippen LogP contribution >= 0.6 is 12.4 Å². The average molecular weight is 508 g/mol. The molecule has 3 aromatic rings. The smallest absolute Gasteiger partial charge is 0.416 e. The minimum atomic E-state index is -4.48. The Morgan fingerprint density at radius 3 is 2.69 bits per heavy atom. The van der Waals surface area contributed by atoms with E-state index in [0.717, 1.165) is 23.4 Å². The van der Waals surface area contributed by atoms with Gasteiger partial charge in [-0.05, 0) is 48.4 Å². The van der Waals surface area contributed by atoms with Crippen LogP contribution in [0.5, 0.6) is 11.6 Å². The van der Waals surface area contributed by atoms with Crippen molar-refractivity contribution in [1.29, 1.82) is 0 Å². The Balaban J connectivity index is 0.00000342. The number of hydrogen-bond donors (Lipinski definition) is 2. The van der Waals surface area contributed by atoms with Gasteiger partial charge in [-0.25, -0.2) is 14.8 Å². The van der Waals surface area contributed by atoms with Crippen molar-refractivity contribution in [1.82, 2.24) is 15.3 Å². The minimum Gasteiger partial charge on any atom is -0.439 e. The molecule has 0 fully saturated rings. The molecule has 2 heterocycles. The van der Waals surface area contributed by atoms with E-state index in [4.69, 9.17) is 4.74 Å². The number of rotatable bonds is 6. The van der Waals surface area contributed by atoms with Gasteiger partial charge < -0.3 is 15.4 Å². The van der Waals surface area contributed by atoms with Crippen molar-refractivity contribution >= 4 is 29.8 Å². The molecule has 7 nitrogen and oxygen atoms in total. The van der Waals surface area contributed by atoms with Gasteiger partial charge in [-0.3, -0.25) is 4.90 Å². The zero-order chi connectivity index (χ0) is 24.3. The van der Waals surface area contributed by atoms with Crippen LogP contribution in [0.4, 0.5) is 29.3 Å². The maximum Gasteiger partial charge on any atom is 0.416 e. The molecule has 2 amide bonds. The first-order valence-electron chi connectivity index (χ1n) is 10.8. The summed E-state index contributed by atoms with van der Waals surface area (Å²) in [5.74, 6) is 0.980. The minimum absolute atomic E-state index is 0. The van der Waals surface area contributed by atoms with Gasteiger partial charge in [-0.2, -0.15) is 13.2 Å². The van der Waals surface area contributed by atoms with Crippen LogP contribution in [0.2, 0.25) is 0 Å². The van der Waals surface area contributed by atoms with Crippen LogP contribution in [0.25, 0.3) is 0 Å². The molecule has 0 saturated heterocycles. The van der Waals surface area contributed by atoms with E-state index in [-0.39, 0.29) is 18.1 Å². The Kier molecular flexibility index (Phi) is 8.18. The van der Waals surface area contributed by atoms with E-state index < -0.39 is 17.8 Å². The fourth-order valence-electron chi connectivity index (χ4n) is 3.58. The first kappa shape index (κ1) is 26.2. The predicted octanol–water partition coefficient (Wildman–Crippen LogP) is 5.80. The van der Waals surface area contributed by atoms with Gasteiger partial charge in [-0.15, -0.1) is 12.4 Å². The number of anilines is 2. The maximum atomic E-state index is 12.9. The Morgan fingerprint density at radius 2 is 1.94 bits per heavy atom. The van der Waals surface area contributed by atoms with Crippen molar-refractivity contribution in [2.45, 2.75) is 39.0 Å². The largest absolute Gasteiger partial charge is 0.439 e. The summed E-state index contributed by atoms with van der Waals surface area (Å²) < 4.78 is 44.7. The van der Waals surface area contributed by atoms with Crippen molar-refractivity contribution < 1.29 is 22.7 Å². The number of urea groups is 1. The number of fused-ring (bicyclic) bond motifs is 1. The van der Waals surface area contributed by atoms with E-state index in [1.807, 2.05) is 19.9 Å². The second kappa shape index (κ2) is 10.9. The summed E-state index contributed by atoms with van der Waals surface area (Å²) in [7, 11) is 0. The van der Waals surface area contributed by atoms with Crippen molar-refractivity contribution in [3.63, 3.8) is 0 Å². The lowest BCUT2D eigenvalue weighted by Gasteiger charge is -2.19. The molecular weight excluding hydrogens is 483 g/mol. The van der Waals surface area contributed by atoms with Crippen molar-refractivity contribution in [3.8, 4) is 11.6 Å². The highest BCUT2D eigenvalue weighted by atomic mass is 35.5. The van der Waals surface area contributed by atoms with E-state index in [2.05, 4.69) is 20.6 Å². The number of hydrogen-bond acceptors (Lipinski definition) is 5. The molecular formula is C24H25ClF3N5O2. The zero-order valence-electron chi connectivity index (χ0n) is 19.1. The first-order chi connectivity index (χ1) is 16.2. The third-order valence-electron chi connectivity index (χ3n) is 5.25. The van der Waals surface area contributed by atoms with Crippen LogP contribution in [0.15, 0.2) is 54.9 Å². The summed E-state index contributed by atoms with van der Waals surface area (Å²) in [6.45, 7) is 5.09. The van der Waals surface area contributed by atoms with Gasteiger partial charge in [0.1, 0.15) is 12.1 Å². The number of nitrogens with zero attached hydrogens (tertiary/aromatic N) is 3. The van der Waals surface area contributed by atoms with Crippen LogP contribution in [-0.4, -0.2) is 28.6 Å². The number of alkyl halides is 3. The number of ether oxygens (including phenoxy) is 1. The van der Waals surface area contributed by atoms with E-state index in [9.17, 15) is 18.0 Å². The van der Waals surface area contributed by atoms with Crippen molar-refractivity contribution in [2.75, 3.05) is 16.8 Å². The van der Waals surface area contributed by atoms with Gasteiger partial charge in [0.15, 0.2) is 0 Å². The van der Waals surface area contributed by atoms with Crippen LogP contribution in [0, 0.1) is 0 Å². The quantitative estimate of drug-likeness (QED) is 0.440. The van der Waals surface area contributed by atoms with Gasteiger partial charge in [0.05, 0.1) is 11.3 Å². The standard InChI is InChI=1S/C24H24F3N5O2.ClH/c1-15(2)28-13-19-12-22(30-14-29-19)34-20-6-7-21-16(10-20)8-9-32(21)23(33)31-18-5-3-4-17(11-18)24(25,26)27;/h3-7,10-12,14-15,28H,8-9,13H2,1-2H3,(H,31,33);1H. The van der Waals surface area contributed by atoms with Crippen LogP contribution in [0.3, 0.4) is 0 Å². The van der Waals surface area contributed by atoms with Crippen molar-refractivity contribution in [2.24, 2.45) is 0 Å². The topological polar surface area (TPSA) is 79.4 Å². The van der Waals surface area contributed by atoms with E-state index in [1.165, 1.54) is 23.4 Å². The Hall–Kier alpha value is -3.37. The monoisotopic (exact) mass is 507 g/mol. The Bertz CT molecular complexity index is 1190. The Labute approximate surface area is 207 Å². The molecule has 35 heavy (non-hydrogen) atoms. The highest BCUT2D eigenvalue weighted by Gasteiger charge is 2.31. The lowest BCUT2D eigenvalue weighted by molar-refractivity contribution is -0.137. The van der Waals surface area contributed by atoms with E-state index in [1.54, 1.807) is 18.2 Å². The predicted molar refractivity (Wildman–Crippen MR) is 129 cm³/mol. The molecule has 1 aliphatic rings. The van der Waals surface area contributed by atoms with Gasteiger partial charge in [0.25, 0.3) is 0 Å². The van der Waals surface area contributed by atoms with Gasteiger partial charge in [-0.1, -0.05) is 19.9 Å². The molecule has 2 N–H and O–H groups in total. The lowest BCUT2D eigenvalue weighted by atomic mass is 10.1. The second-order valence-corrected chi connectivity index (χ2v) is 8.19.